The van der Waals surface area contributed by atoms with Gasteiger partial charge in [-0.25, -0.2) is 0 Å². The third-order valence-electron chi connectivity index (χ3n) is 12.4. The summed E-state index contributed by atoms with van der Waals surface area (Å²) in [7, 11) is 0. The van der Waals surface area contributed by atoms with Crippen LogP contribution in [-0.2, 0) is 14.3 Å². The van der Waals surface area contributed by atoms with Crippen LogP contribution in [-0.4, -0.2) is 87.5 Å². The van der Waals surface area contributed by atoms with Crippen molar-refractivity contribution in [2.45, 2.75) is 288 Å². The first-order valence-corrected chi connectivity index (χ1v) is 25.4. The molecule has 0 bridgehead atoms. The molecule has 1 aliphatic rings. The van der Waals surface area contributed by atoms with Crippen molar-refractivity contribution in [3.63, 3.8) is 0 Å². The standard InChI is InChI=1S/C50H97NO8/c1-3-5-7-9-11-13-15-17-19-20-21-22-23-24-26-28-30-32-34-36-38-40-46(54)51-43(42-58-50-49(57)48(56)47(55)45(41-52)59-50)44(53)39-37-35-33-31-29-27-25-18-16-14-12-10-8-6-4-2/h37,39,43-45,47-50,52-53,55-57H,3-36,38,40-42H2,1-2H3,(H,51,54)/b39-37+/t43-,44+,45+,47+,48?,49?,50+/m0/s1. The maximum Gasteiger partial charge on any atom is 0.220 e. The molecule has 7 atom stereocenters. The Morgan fingerprint density at radius 2 is 0.932 bits per heavy atom. The van der Waals surface area contributed by atoms with Gasteiger partial charge in [0.25, 0.3) is 0 Å². The van der Waals surface area contributed by atoms with E-state index >= 15 is 0 Å². The highest BCUT2D eigenvalue weighted by Crippen LogP contribution is 2.23. The van der Waals surface area contributed by atoms with Gasteiger partial charge < -0.3 is 40.3 Å². The van der Waals surface area contributed by atoms with Crippen LogP contribution in [0.1, 0.15) is 245 Å². The molecule has 350 valence electrons. The Morgan fingerprint density at radius 3 is 1.32 bits per heavy atom. The van der Waals surface area contributed by atoms with E-state index in [2.05, 4.69) is 19.2 Å². The van der Waals surface area contributed by atoms with Gasteiger partial charge in [0.15, 0.2) is 6.29 Å². The van der Waals surface area contributed by atoms with Crippen molar-refractivity contribution in [3.8, 4) is 0 Å². The summed E-state index contributed by atoms with van der Waals surface area (Å²) in [5.74, 6) is -0.172. The molecule has 1 aliphatic heterocycles. The monoisotopic (exact) mass is 840 g/mol. The number of nitrogens with one attached hydrogen (secondary N) is 1. The molecule has 0 aliphatic carbocycles. The zero-order valence-corrected chi connectivity index (χ0v) is 38.5. The fraction of sp³-hybridized carbons (Fsp3) is 0.940. The Balaban J connectivity index is 2.27. The summed E-state index contributed by atoms with van der Waals surface area (Å²) in [4.78, 5) is 13.0. The molecular weight excluding hydrogens is 743 g/mol. The van der Waals surface area contributed by atoms with E-state index < -0.39 is 49.5 Å². The van der Waals surface area contributed by atoms with Crippen molar-refractivity contribution in [1.82, 2.24) is 5.32 Å². The zero-order valence-electron chi connectivity index (χ0n) is 38.5. The summed E-state index contributed by atoms with van der Waals surface area (Å²) in [5.41, 5.74) is 0. The summed E-state index contributed by atoms with van der Waals surface area (Å²) in [6, 6.07) is -0.798. The van der Waals surface area contributed by atoms with Crippen LogP contribution in [0.5, 0.6) is 0 Å². The molecular formula is C50H97NO8. The maximum absolute atomic E-state index is 13.0. The summed E-state index contributed by atoms with van der Waals surface area (Å²) in [5, 5.41) is 54.3. The van der Waals surface area contributed by atoms with E-state index in [1.165, 1.54) is 186 Å². The Labute approximate surface area is 363 Å². The van der Waals surface area contributed by atoms with Crippen LogP contribution in [0.25, 0.3) is 0 Å². The van der Waals surface area contributed by atoms with Gasteiger partial charge in [-0.15, -0.1) is 0 Å². The van der Waals surface area contributed by atoms with Crippen LogP contribution in [0.15, 0.2) is 12.2 Å². The summed E-state index contributed by atoms with van der Waals surface area (Å²) in [6.07, 6.45) is 41.1. The molecule has 9 heteroatoms. The average Bonchev–Trinajstić information content (AvgIpc) is 3.23. The van der Waals surface area contributed by atoms with Crippen molar-refractivity contribution < 1.29 is 39.8 Å². The number of aliphatic hydroxyl groups is 5. The number of aliphatic hydroxyl groups excluding tert-OH is 5. The number of ether oxygens (including phenoxy) is 2. The quantitative estimate of drug-likeness (QED) is 0.0263. The lowest BCUT2D eigenvalue weighted by Gasteiger charge is -2.40. The van der Waals surface area contributed by atoms with Crippen LogP contribution in [0, 0.1) is 0 Å². The molecule has 0 aromatic rings. The van der Waals surface area contributed by atoms with E-state index in [0.717, 1.165) is 38.5 Å². The van der Waals surface area contributed by atoms with Crippen molar-refractivity contribution in [2.24, 2.45) is 0 Å². The zero-order chi connectivity index (χ0) is 43.0. The number of amides is 1. The number of hydrogen-bond acceptors (Lipinski definition) is 8. The van der Waals surface area contributed by atoms with Gasteiger partial charge in [0, 0.05) is 6.42 Å². The second-order valence-electron chi connectivity index (χ2n) is 18.0. The van der Waals surface area contributed by atoms with Gasteiger partial charge in [-0.3, -0.25) is 4.79 Å². The minimum Gasteiger partial charge on any atom is -0.394 e. The second kappa shape index (κ2) is 41.0. The summed E-state index contributed by atoms with van der Waals surface area (Å²) in [6.45, 7) is 3.80. The molecule has 6 N–H and O–H groups in total. The molecule has 1 fully saturated rings. The smallest absolute Gasteiger partial charge is 0.220 e. The molecule has 1 rings (SSSR count). The Kier molecular flexibility index (Phi) is 38.9. The maximum atomic E-state index is 13.0. The first-order valence-electron chi connectivity index (χ1n) is 25.4. The lowest BCUT2D eigenvalue weighted by atomic mass is 9.99. The molecule has 1 heterocycles. The van der Waals surface area contributed by atoms with Gasteiger partial charge in [-0.1, -0.05) is 231 Å². The predicted molar refractivity (Wildman–Crippen MR) is 244 cm³/mol. The number of allylic oxidation sites excluding steroid dienone is 1. The average molecular weight is 840 g/mol. The topological polar surface area (TPSA) is 149 Å². The van der Waals surface area contributed by atoms with Gasteiger partial charge in [0.2, 0.25) is 5.91 Å². The first-order chi connectivity index (χ1) is 28.8. The van der Waals surface area contributed by atoms with Crippen LogP contribution >= 0.6 is 0 Å². The minimum absolute atomic E-state index is 0.172. The van der Waals surface area contributed by atoms with E-state index in [0.29, 0.717) is 6.42 Å². The predicted octanol–water partition coefficient (Wildman–Crippen LogP) is 11.3. The van der Waals surface area contributed by atoms with E-state index in [1.807, 2.05) is 6.08 Å². The van der Waals surface area contributed by atoms with Gasteiger partial charge >= 0.3 is 0 Å². The summed E-state index contributed by atoms with van der Waals surface area (Å²) < 4.78 is 11.2. The first kappa shape index (κ1) is 55.9. The molecule has 1 amide bonds. The molecule has 59 heavy (non-hydrogen) atoms. The molecule has 0 radical (unpaired) electrons. The van der Waals surface area contributed by atoms with E-state index in [9.17, 15) is 30.3 Å². The number of carbonyl (C=O) groups excluding carboxylic acids is 1. The van der Waals surface area contributed by atoms with Crippen molar-refractivity contribution in [3.05, 3.63) is 12.2 Å². The third kappa shape index (κ3) is 31.4. The fourth-order valence-corrected chi connectivity index (χ4v) is 8.28. The van der Waals surface area contributed by atoms with Crippen LogP contribution in [0.4, 0.5) is 0 Å². The third-order valence-corrected chi connectivity index (χ3v) is 12.4. The molecule has 2 unspecified atom stereocenters. The van der Waals surface area contributed by atoms with Gasteiger partial charge in [0.05, 0.1) is 25.4 Å². The minimum atomic E-state index is -1.56. The molecule has 0 spiro atoms. The molecule has 0 aromatic carbocycles. The fourth-order valence-electron chi connectivity index (χ4n) is 8.28. The molecule has 0 aromatic heterocycles. The SMILES string of the molecule is CCCCCCCCCCCCCCC/C=C/[C@@H](O)[C@H](CO[C@@H]1O[C@H](CO)[C@@H](O)C(O)C1O)NC(=O)CCCCCCCCCCCCCCCCCCCCCCC. The van der Waals surface area contributed by atoms with Crippen LogP contribution < -0.4 is 5.32 Å². The van der Waals surface area contributed by atoms with Crippen LogP contribution in [0.2, 0.25) is 0 Å². The lowest BCUT2D eigenvalue weighted by molar-refractivity contribution is -0.302. The van der Waals surface area contributed by atoms with Crippen molar-refractivity contribution >= 4 is 5.91 Å². The number of rotatable bonds is 43. The molecule has 1 saturated heterocycles. The normalized spacial score (nSPS) is 20.7. The molecule has 0 saturated carbocycles. The van der Waals surface area contributed by atoms with Gasteiger partial charge in [-0.2, -0.15) is 0 Å². The Morgan fingerprint density at radius 1 is 0.559 bits per heavy atom. The van der Waals surface area contributed by atoms with Crippen LogP contribution in [0.3, 0.4) is 0 Å². The van der Waals surface area contributed by atoms with E-state index in [1.54, 1.807) is 6.08 Å². The highest BCUT2D eigenvalue weighted by molar-refractivity contribution is 5.76. The number of unbranched alkanes of at least 4 members (excludes halogenated alkanes) is 33. The number of hydrogen-bond donors (Lipinski definition) is 6. The number of carbonyl (C=O) groups is 1. The van der Waals surface area contributed by atoms with E-state index in [-0.39, 0.29) is 12.5 Å². The van der Waals surface area contributed by atoms with Gasteiger partial charge in [0.1, 0.15) is 24.4 Å². The Hall–Kier alpha value is -1.07. The van der Waals surface area contributed by atoms with E-state index in [4.69, 9.17) is 9.47 Å². The lowest BCUT2D eigenvalue weighted by Crippen LogP contribution is -2.60. The highest BCUT2D eigenvalue weighted by Gasteiger charge is 2.44. The molecule has 9 nitrogen and oxygen atoms in total. The largest absolute Gasteiger partial charge is 0.394 e. The Bertz CT molecular complexity index is 935. The van der Waals surface area contributed by atoms with Crippen molar-refractivity contribution in [2.75, 3.05) is 13.2 Å². The second-order valence-corrected chi connectivity index (χ2v) is 18.0. The van der Waals surface area contributed by atoms with Crippen molar-refractivity contribution in [1.29, 1.82) is 0 Å². The highest BCUT2D eigenvalue weighted by atomic mass is 16.7. The van der Waals surface area contributed by atoms with Gasteiger partial charge in [-0.05, 0) is 19.3 Å². The summed E-state index contributed by atoms with van der Waals surface area (Å²) >= 11 is 0.